The first-order valence-electron chi connectivity index (χ1n) is 14.6. The van der Waals surface area contributed by atoms with Gasteiger partial charge in [-0.25, -0.2) is 9.79 Å². The molecule has 3 aliphatic rings. The fourth-order valence-corrected chi connectivity index (χ4v) is 5.03. The average molecular weight is 589 g/mol. The van der Waals surface area contributed by atoms with Crippen LogP contribution in [-0.4, -0.2) is 92.4 Å². The first-order chi connectivity index (χ1) is 20.7. The molecular weight excluding hydrogens is 552 g/mol. The minimum absolute atomic E-state index is 0.0335. The van der Waals surface area contributed by atoms with Crippen molar-refractivity contribution in [2.75, 3.05) is 56.2 Å². The number of carbonyl (C=O) groups is 4. The zero-order valence-corrected chi connectivity index (χ0v) is 24.6. The molecule has 11 heteroatoms. The van der Waals surface area contributed by atoms with Crippen LogP contribution >= 0.6 is 0 Å². The third kappa shape index (κ3) is 7.18. The Morgan fingerprint density at radius 2 is 1.84 bits per heavy atom. The number of ether oxygens (including phenoxy) is 3. The Labute approximate surface area is 250 Å². The number of fused-ring (bicyclic) bond motifs is 1. The van der Waals surface area contributed by atoms with Gasteiger partial charge in [-0.1, -0.05) is 24.3 Å². The van der Waals surface area contributed by atoms with E-state index in [0.29, 0.717) is 80.6 Å². The van der Waals surface area contributed by atoms with Crippen LogP contribution in [0.3, 0.4) is 0 Å². The van der Waals surface area contributed by atoms with Gasteiger partial charge < -0.3 is 24.0 Å². The van der Waals surface area contributed by atoms with Gasteiger partial charge in [-0.2, -0.15) is 0 Å². The van der Waals surface area contributed by atoms with Crippen LogP contribution in [0.5, 0.6) is 0 Å². The van der Waals surface area contributed by atoms with Crippen molar-refractivity contribution in [3.05, 3.63) is 65.2 Å². The molecule has 0 saturated carbocycles. The quantitative estimate of drug-likeness (QED) is 0.327. The minimum Gasteiger partial charge on any atom is -0.447 e. The molecule has 2 amide bonds. The van der Waals surface area contributed by atoms with Crippen molar-refractivity contribution in [1.82, 2.24) is 4.90 Å². The Morgan fingerprint density at radius 3 is 2.51 bits per heavy atom. The summed E-state index contributed by atoms with van der Waals surface area (Å²) >= 11 is 0. The van der Waals surface area contributed by atoms with Crippen molar-refractivity contribution in [3.8, 4) is 0 Å². The van der Waals surface area contributed by atoms with E-state index < -0.39 is 6.09 Å². The van der Waals surface area contributed by atoms with E-state index >= 15 is 0 Å². The van der Waals surface area contributed by atoms with E-state index in [1.165, 1.54) is 6.08 Å². The summed E-state index contributed by atoms with van der Waals surface area (Å²) < 4.78 is 15.8. The second kappa shape index (κ2) is 13.3. The summed E-state index contributed by atoms with van der Waals surface area (Å²) in [4.78, 5) is 60.3. The topological polar surface area (TPSA) is 130 Å². The smallest absolute Gasteiger partial charge is 0.411 e. The number of benzene rings is 2. The van der Waals surface area contributed by atoms with Gasteiger partial charge in [0.15, 0.2) is 11.6 Å². The lowest BCUT2D eigenvalue weighted by Crippen LogP contribution is -2.43. The second-order valence-corrected chi connectivity index (χ2v) is 10.7. The molecule has 1 N–H and O–H groups in total. The Morgan fingerprint density at radius 1 is 1.12 bits per heavy atom. The van der Waals surface area contributed by atoms with Crippen molar-refractivity contribution < 1.29 is 33.4 Å². The fraction of sp³-hybridized carbons (Fsp3) is 0.406. The maximum atomic E-state index is 13.4. The van der Waals surface area contributed by atoms with Gasteiger partial charge in [-0.3, -0.25) is 19.7 Å². The van der Waals surface area contributed by atoms with Gasteiger partial charge in [0, 0.05) is 49.4 Å². The molecule has 43 heavy (non-hydrogen) atoms. The number of Topliss-reactive ketones (excluding diaryl/α,β-unsaturated/α-hetero) is 2. The number of hydrogen-bond donors (Lipinski definition) is 1. The maximum Gasteiger partial charge on any atom is 0.411 e. The standard InChI is InChI=1S/C32H36N4O7/c1-4-35(12-11-28(37)29-19-42-29)21-9-10-25(27(17-21)34-32(40)43-20(2)3)33-26-18-24(31(39)36-13-15-41-16-14-36)30(38)23-8-6-5-7-22(23)26/h5-10,17-18,20,29H,4,11-16,19H2,1-3H3,(H,34,40). The van der Waals surface area contributed by atoms with Gasteiger partial charge >= 0.3 is 6.09 Å². The van der Waals surface area contributed by atoms with Gasteiger partial charge in [0.1, 0.15) is 6.10 Å². The number of epoxide rings is 1. The van der Waals surface area contributed by atoms with Gasteiger partial charge in [0.25, 0.3) is 5.91 Å². The number of carbonyl (C=O) groups excluding carboxylic acids is 4. The van der Waals surface area contributed by atoms with Gasteiger partial charge in [0.05, 0.1) is 48.6 Å². The minimum atomic E-state index is -0.643. The predicted molar refractivity (Wildman–Crippen MR) is 161 cm³/mol. The maximum absolute atomic E-state index is 13.4. The zero-order valence-electron chi connectivity index (χ0n) is 24.6. The zero-order chi connectivity index (χ0) is 30.5. The molecule has 11 nitrogen and oxygen atoms in total. The molecule has 0 bridgehead atoms. The van der Waals surface area contributed by atoms with E-state index in [4.69, 9.17) is 19.2 Å². The number of allylic oxidation sites excluding steroid dienone is 1. The first-order valence-corrected chi connectivity index (χ1v) is 14.6. The summed E-state index contributed by atoms with van der Waals surface area (Å²) in [5.74, 6) is -0.653. The largest absolute Gasteiger partial charge is 0.447 e. The number of aliphatic imine (C=N–C) groups is 1. The summed E-state index contributed by atoms with van der Waals surface area (Å²) in [5, 5.41) is 2.80. The van der Waals surface area contributed by atoms with Crippen LogP contribution < -0.4 is 10.2 Å². The molecular formula is C32H36N4O7. The van der Waals surface area contributed by atoms with E-state index in [-0.39, 0.29) is 35.3 Å². The van der Waals surface area contributed by atoms with Crippen molar-refractivity contribution in [1.29, 1.82) is 0 Å². The number of nitrogens with zero attached hydrogens (tertiary/aromatic N) is 3. The lowest BCUT2D eigenvalue weighted by atomic mass is 9.88. The van der Waals surface area contributed by atoms with Crippen LogP contribution in [0.4, 0.5) is 21.9 Å². The Balaban J connectivity index is 1.52. The summed E-state index contributed by atoms with van der Waals surface area (Å²) in [5.41, 5.74) is 3.00. The third-order valence-corrected chi connectivity index (χ3v) is 7.37. The summed E-state index contributed by atoms with van der Waals surface area (Å²) in [6.07, 6.45) is 0.592. The van der Waals surface area contributed by atoms with E-state index in [9.17, 15) is 19.2 Å². The number of amides is 2. The van der Waals surface area contributed by atoms with Crippen molar-refractivity contribution in [3.63, 3.8) is 0 Å². The molecule has 1 unspecified atom stereocenters. The molecule has 1 aliphatic carbocycles. The van der Waals surface area contributed by atoms with Gasteiger partial charge in [-0.05, 0) is 45.0 Å². The number of nitrogens with one attached hydrogen (secondary N) is 1. The highest BCUT2D eigenvalue weighted by Gasteiger charge is 2.32. The Hall–Kier alpha value is -4.35. The Kier molecular flexibility index (Phi) is 9.32. The SMILES string of the molecule is CCN(CCC(=O)C1CO1)c1ccc(N=C2C=C(C(=O)N3CCOCC3)C(=O)c3ccccc32)c(NC(=O)OC(C)C)c1. The molecule has 5 rings (SSSR count). The number of anilines is 2. The van der Waals surface area contributed by atoms with Crippen LogP contribution in [0.25, 0.3) is 0 Å². The monoisotopic (exact) mass is 588 g/mol. The predicted octanol–water partition coefficient (Wildman–Crippen LogP) is 3.93. The van der Waals surface area contributed by atoms with Crippen LogP contribution in [-0.2, 0) is 23.8 Å². The highest BCUT2D eigenvalue weighted by molar-refractivity contribution is 6.35. The highest BCUT2D eigenvalue weighted by Crippen LogP contribution is 2.33. The number of ketones is 2. The average Bonchev–Trinajstić information content (AvgIpc) is 3.85. The Bertz CT molecular complexity index is 1470. The van der Waals surface area contributed by atoms with Crippen LogP contribution in [0.2, 0.25) is 0 Å². The molecule has 2 saturated heterocycles. The molecule has 2 aliphatic heterocycles. The fourth-order valence-electron chi connectivity index (χ4n) is 5.03. The van der Waals surface area contributed by atoms with Crippen molar-refractivity contribution >= 4 is 46.3 Å². The molecule has 0 aromatic heterocycles. The van der Waals surface area contributed by atoms with E-state index in [0.717, 1.165) is 5.69 Å². The van der Waals surface area contributed by atoms with Crippen LogP contribution in [0, 0.1) is 0 Å². The molecule has 2 heterocycles. The molecule has 0 spiro atoms. The van der Waals surface area contributed by atoms with E-state index in [1.54, 1.807) is 55.1 Å². The second-order valence-electron chi connectivity index (χ2n) is 10.7. The number of hydrogen-bond acceptors (Lipinski definition) is 9. The van der Waals surface area contributed by atoms with E-state index in [2.05, 4.69) is 5.32 Å². The van der Waals surface area contributed by atoms with E-state index in [1.807, 2.05) is 17.9 Å². The molecule has 1 atom stereocenters. The molecule has 2 fully saturated rings. The highest BCUT2D eigenvalue weighted by atomic mass is 16.6. The van der Waals surface area contributed by atoms with Crippen LogP contribution in [0.1, 0.15) is 43.1 Å². The normalized spacial score (nSPS) is 18.7. The molecule has 226 valence electrons. The van der Waals surface area contributed by atoms with Crippen LogP contribution in [0.15, 0.2) is 59.1 Å². The molecule has 2 aromatic carbocycles. The lowest BCUT2D eigenvalue weighted by molar-refractivity contribution is -0.130. The summed E-state index contributed by atoms with van der Waals surface area (Å²) in [6.45, 7) is 8.73. The number of morpholine rings is 1. The van der Waals surface area contributed by atoms with Crippen molar-refractivity contribution in [2.24, 2.45) is 4.99 Å². The summed E-state index contributed by atoms with van der Waals surface area (Å²) in [6, 6.07) is 12.4. The number of rotatable bonds is 10. The van der Waals surface area contributed by atoms with Gasteiger partial charge in [-0.15, -0.1) is 0 Å². The van der Waals surface area contributed by atoms with Gasteiger partial charge in [0.2, 0.25) is 0 Å². The summed E-state index contributed by atoms with van der Waals surface area (Å²) in [7, 11) is 0. The molecule has 0 radical (unpaired) electrons. The first kappa shape index (κ1) is 30.1. The van der Waals surface area contributed by atoms with Crippen molar-refractivity contribution in [2.45, 2.75) is 39.4 Å². The lowest BCUT2D eigenvalue weighted by Gasteiger charge is -2.28. The third-order valence-electron chi connectivity index (χ3n) is 7.37. The molecule has 2 aromatic rings.